The van der Waals surface area contributed by atoms with E-state index in [0.717, 1.165) is 16.4 Å². The van der Waals surface area contributed by atoms with Gasteiger partial charge in [0.1, 0.15) is 16.7 Å². The predicted octanol–water partition coefficient (Wildman–Crippen LogP) is 2.09. The number of hydrogen-bond donors (Lipinski definition) is 2. The summed E-state index contributed by atoms with van der Waals surface area (Å²) in [6.45, 7) is 8.22. The van der Waals surface area contributed by atoms with E-state index in [1.54, 1.807) is 11.8 Å². The molecule has 0 aliphatic heterocycles. The predicted molar refractivity (Wildman–Crippen MR) is 65.1 cm³/mol. The number of anilines is 1. The summed E-state index contributed by atoms with van der Waals surface area (Å²) in [4.78, 5) is 8.94. The van der Waals surface area contributed by atoms with Gasteiger partial charge in [0, 0.05) is 11.0 Å². The van der Waals surface area contributed by atoms with E-state index in [0.29, 0.717) is 5.82 Å². The van der Waals surface area contributed by atoms with E-state index >= 15 is 0 Å². The Balaban J connectivity index is 3.33. The van der Waals surface area contributed by atoms with E-state index < -0.39 is 0 Å². The molecule has 0 spiro atoms. The summed E-state index contributed by atoms with van der Waals surface area (Å²) < 4.78 is 0. The minimum Gasteiger partial charge on any atom is -0.308 e. The highest BCUT2D eigenvalue weighted by molar-refractivity contribution is 7.98. The summed E-state index contributed by atoms with van der Waals surface area (Å²) in [5, 5.41) is 0.975. The molecule has 0 unspecified atom stereocenters. The van der Waals surface area contributed by atoms with E-state index in [1.807, 2.05) is 13.2 Å². The second-order valence-corrected chi connectivity index (χ2v) is 5.22. The molecule has 1 heterocycles. The van der Waals surface area contributed by atoms with E-state index in [1.165, 1.54) is 0 Å². The van der Waals surface area contributed by atoms with Crippen LogP contribution >= 0.6 is 11.8 Å². The van der Waals surface area contributed by atoms with Gasteiger partial charge in [-0.05, 0) is 13.2 Å². The molecule has 5 heteroatoms. The van der Waals surface area contributed by atoms with Crippen LogP contribution in [0.15, 0.2) is 5.03 Å². The van der Waals surface area contributed by atoms with E-state index in [9.17, 15) is 0 Å². The third kappa shape index (κ3) is 2.60. The standard InChI is InChI=1S/C10H18N4S/c1-6-7(14-11)12-9(10(2,3)4)13-8(6)15-5/h11H2,1-5H3,(H,12,13,14). The first-order valence-electron chi connectivity index (χ1n) is 4.80. The first-order chi connectivity index (χ1) is 6.90. The second-order valence-electron chi connectivity index (χ2n) is 4.42. The minimum atomic E-state index is -0.0657. The molecule has 0 aromatic carbocycles. The highest BCUT2D eigenvalue weighted by Crippen LogP contribution is 2.27. The van der Waals surface area contributed by atoms with Crippen molar-refractivity contribution in [3.63, 3.8) is 0 Å². The molecule has 0 amide bonds. The van der Waals surface area contributed by atoms with Crippen LogP contribution in [0, 0.1) is 6.92 Å². The Labute approximate surface area is 95.0 Å². The van der Waals surface area contributed by atoms with Crippen LogP contribution in [-0.2, 0) is 5.41 Å². The number of hydrazine groups is 1. The molecule has 1 rings (SSSR count). The second kappa shape index (κ2) is 4.37. The molecule has 1 aromatic heterocycles. The molecule has 15 heavy (non-hydrogen) atoms. The Morgan fingerprint density at radius 3 is 2.27 bits per heavy atom. The normalized spacial score (nSPS) is 11.6. The smallest absolute Gasteiger partial charge is 0.147 e. The summed E-state index contributed by atoms with van der Waals surface area (Å²) in [5.41, 5.74) is 3.55. The molecule has 3 N–H and O–H groups in total. The molecular formula is C10H18N4S. The van der Waals surface area contributed by atoms with Crippen molar-refractivity contribution < 1.29 is 0 Å². The van der Waals surface area contributed by atoms with Crippen molar-refractivity contribution in [2.24, 2.45) is 5.84 Å². The number of nitrogen functional groups attached to an aromatic ring is 1. The van der Waals surface area contributed by atoms with E-state index in [2.05, 4.69) is 36.2 Å². The molecule has 0 atom stereocenters. The third-order valence-electron chi connectivity index (χ3n) is 2.10. The molecule has 0 bridgehead atoms. The lowest BCUT2D eigenvalue weighted by atomic mass is 9.95. The largest absolute Gasteiger partial charge is 0.308 e. The van der Waals surface area contributed by atoms with Crippen LogP contribution in [0.2, 0.25) is 0 Å². The Hall–Kier alpha value is -0.810. The Morgan fingerprint density at radius 2 is 1.87 bits per heavy atom. The lowest BCUT2D eigenvalue weighted by Gasteiger charge is -2.19. The number of aromatic nitrogens is 2. The van der Waals surface area contributed by atoms with Crippen LogP contribution in [0.3, 0.4) is 0 Å². The van der Waals surface area contributed by atoms with Gasteiger partial charge >= 0.3 is 0 Å². The van der Waals surface area contributed by atoms with Crippen LogP contribution in [0.5, 0.6) is 0 Å². The topological polar surface area (TPSA) is 63.8 Å². The fourth-order valence-corrected chi connectivity index (χ4v) is 1.75. The van der Waals surface area contributed by atoms with Gasteiger partial charge in [-0.3, -0.25) is 0 Å². The summed E-state index contributed by atoms with van der Waals surface area (Å²) >= 11 is 1.61. The maximum Gasteiger partial charge on any atom is 0.147 e. The van der Waals surface area contributed by atoms with Crippen molar-refractivity contribution >= 4 is 17.6 Å². The quantitative estimate of drug-likeness (QED) is 0.350. The van der Waals surface area contributed by atoms with Gasteiger partial charge in [-0.1, -0.05) is 20.8 Å². The number of nitrogens with two attached hydrogens (primary N) is 1. The Morgan fingerprint density at radius 1 is 1.27 bits per heavy atom. The van der Waals surface area contributed by atoms with Crippen LogP contribution in [0.4, 0.5) is 5.82 Å². The molecule has 0 saturated heterocycles. The Kier molecular flexibility index (Phi) is 3.57. The highest BCUT2D eigenvalue weighted by Gasteiger charge is 2.20. The van der Waals surface area contributed by atoms with Gasteiger partial charge in [0.25, 0.3) is 0 Å². The third-order valence-corrected chi connectivity index (χ3v) is 2.89. The molecule has 4 nitrogen and oxygen atoms in total. The van der Waals surface area contributed by atoms with Crippen LogP contribution in [-0.4, -0.2) is 16.2 Å². The van der Waals surface area contributed by atoms with Crippen LogP contribution in [0.25, 0.3) is 0 Å². The maximum absolute atomic E-state index is 5.44. The van der Waals surface area contributed by atoms with Crippen molar-refractivity contribution in [2.75, 3.05) is 11.7 Å². The van der Waals surface area contributed by atoms with Gasteiger partial charge in [0.15, 0.2) is 0 Å². The van der Waals surface area contributed by atoms with Crippen LogP contribution < -0.4 is 11.3 Å². The number of hydrogen-bond acceptors (Lipinski definition) is 5. The molecule has 1 aromatic rings. The summed E-state index contributed by atoms with van der Waals surface area (Å²) in [5.74, 6) is 6.96. The lowest BCUT2D eigenvalue weighted by Crippen LogP contribution is -2.20. The average molecular weight is 226 g/mol. The fourth-order valence-electron chi connectivity index (χ4n) is 1.17. The van der Waals surface area contributed by atoms with Gasteiger partial charge in [-0.2, -0.15) is 0 Å². The monoisotopic (exact) mass is 226 g/mol. The van der Waals surface area contributed by atoms with E-state index in [4.69, 9.17) is 5.84 Å². The molecular weight excluding hydrogens is 208 g/mol. The first-order valence-corrected chi connectivity index (χ1v) is 6.02. The van der Waals surface area contributed by atoms with Crippen LogP contribution in [0.1, 0.15) is 32.2 Å². The SMILES string of the molecule is CSc1nc(C(C)(C)C)nc(NN)c1C. The van der Waals surface area contributed by atoms with Crippen molar-refractivity contribution in [3.05, 3.63) is 11.4 Å². The molecule has 0 radical (unpaired) electrons. The maximum atomic E-state index is 5.44. The molecule has 0 aliphatic carbocycles. The van der Waals surface area contributed by atoms with Gasteiger partial charge in [0.2, 0.25) is 0 Å². The lowest BCUT2D eigenvalue weighted by molar-refractivity contribution is 0.538. The van der Waals surface area contributed by atoms with Crippen molar-refractivity contribution in [3.8, 4) is 0 Å². The Bertz CT molecular complexity index is 332. The number of nitrogens with zero attached hydrogens (tertiary/aromatic N) is 2. The number of thioether (sulfide) groups is 1. The molecule has 0 saturated carbocycles. The molecule has 84 valence electrons. The zero-order chi connectivity index (χ0) is 11.6. The highest BCUT2D eigenvalue weighted by atomic mass is 32.2. The van der Waals surface area contributed by atoms with Gasteiger partial charge in [-0.15, -0.1) is 11.8 Å². The van der Waals surface area contributed by atoms with E-state index in [-0.39, 0.29) is 5.41 Å². The minimum absolute atomic E-state index is 0.0657. The number of nitrogens with one attached hydrogen (secondary N) is 1. The van der Waals surface area contributed by atoms with Gasteiger partial charge < -0.3 is 5.43 Å². The number of rotatable bonds is 2. The summed E-state index contributed by atoms with van der Waals surface area (Å²) in [6, 6.07) is 0. The average Bonchev–Trinajstić information content (AvgIpc) is 2.16. The molecule has 0 aliphatic rings. The summed E-state index contributed by atoms with van der Waals surface area (Å²) in [6.07, 6.45) is 2.00. The van der Waals surface area contributed by atoms with Crippen molar-refractivity contribution in [1.29, 1.82) is 0 Å². The van der Waals surface area contributed by atoms with Gasteiger partial charge in [0.05, 0.1) is 0 Å². The fraction of sp³-hybridized carbons (Fsp3) is 0.600. The first kappa shape index (κ1) is 12.3. The van der Waals surface area contributed by atoms with Crippen molar-refractivity contribution in [2.45, 2.75) is 38.1 Å². The molecule has 0 fully saturated rings. The van der Waals surface area contributed by atoms with Crippen molar-refractivity contribution in [1.82, 2.24) is 9.97 Å². The van der Waals surface area contributed by atoms with Gasteiger partial charge in [-0.25, -0.2) is 15.8 Å². The zero-order valence-electron chi connectivity index (χ0n) is 9.88. The summed E-state index contributed by atoms with van der Waals surface area (Å²) in [7, 11) is 0. The zero-order valence-corrected chi connectivity index (χ0v) is 10.7.